The first-order chi connectivity index (χ1) is 6.25. The Labute approximate surface area is 80.8 Å². The van der Waals surface area contributed by atoms with Crippen LogP contribution in [0.4, 0.5) is 0 Å². The number of fused-ring (bicyclic) bond motifs is 2. The van der Waals surface area contributed by atoms with Crippen LogP contribution in [0.1, 0.15) is 51.9 Å². The van der Waals surface area contributed by atoms with Gasteiger partial charge in [-0.3, -0.25) is 0 Å². The highest BCUT2D eigenvalue weighted by atomic mass is 16.6. The van der Waals surface area contributed by atoms with Crippen LogP contribution in [-0.4, -0.2) is 12.2 Å². The van der Waals surface area contributed by atoms with Crippen LogP contribution in [0.5, 0.6) is 0 Å². The first kappa shape index (κ1) is 8.28. The number of hydrogen-bond acceptors (Lipinski definition) is 1. The van der Waals surface area contributed by atoms with Crippen LogP contribution in [0.3, 0.4) is 0 Å². The van der Waals surface area contributed by atoms with Gasteiger partial charge >= 0.3 is 0 Å². The molecule has 13 heavy (non-hydrogen) atoms. The molecular weight excluding hydrogens is 160 g/mol. The second-order valence-corrected chi connectivity index (χ2v) is 5.66. The fraction of sp³-hybridized carbons (Fsp3) is 1.00. The molecule has 1 heterocycles. The van der Waals surface area contributed by atoms with Gasteiger partial charge in [0.25, 0.3) is 0 Å². The molecule has 0 amide bonds. The summed E-state index contributed by atoms with van der Waals surface area (Å²) in [5.41, 5.74) is 1.03. The third-order valence-electron chi connectivity index (χ3n) is 4.83. The Kier molecular flexibility index (Phi) is 1.59. The van der Waals surface area contributed by atoms with Crippen molar-refractivity contribution in [1.29, 1.82) is 0 Å². The summed E-state index contributed by atoms with van der Waals surface area (Å²) >= 11 is 0. The molecule has 2 saturated carbocycles. The lowest BCUT2D eigenvalue weighted by Gasteiger charge is -2.48. The molecule has 3 fully saturated rings. The average Bonchev–Trinajstić information content (AvgIpc) is 2.85. The van der Waals surface area contributed by atoms with Crippen molar-refractivity contribution in [1.82, 2.24) is 0 Å². The maximum Gasteiger partial charge on any atom is 0.0949 e. The zero-order valence-electron chi connectivity index (χ0n) is 8.64. The maximum absolute atomic E-state index is 5.77. The predicted molar refractivity (Wildman–Crippen MR) is 52.6 cm³/mol. The van der Waals surface area contributed by atoms with Crippen LogP contribution >= 0.6 is 0 Å². The van der Waals surface area contributed by atoms with Crippen molar-refractivity contribution in [2.24, 2.45) is 11.3 Å². The summed E-state index contributed by atoms with van der Waals surface area (Å²) in [5, 5.41) is 0. The fourth-order valence-electron chi connectivity index (χ4n) is 4.00. The first-order valence-electron chi connectivity index (χ1n) is 5.89. The molecule has 3 atom stereocenters. The molecule has 1 nitrogen and oxygen atoms in total. The molecule has 1 saturated heterocycles. The highest BCUT2D eigenvalue weighted by Crippen LogP contribution is 2.59. The van der Waals surface area contributed by atoms with Crippen molar-refractivity contribution in [2.45, 2.75) is 57.5 Å². The zero-order valence-corrected chi connectivity index (χ0v) is 8.64. The van der Waals surface area contributed by atoms with E-state index < -0.39 is 0 Å². The summed E-state index contributed by atoms with van der Waals surface area (Å²) in [6.07, 6.45) is 10.0. The molecule has 1 heteroatoms. The van der Waals surface area contributed by atoms with Crippen molar-refractivity contribution < 1.29 is 4.74 Å². The van der Waals surface area contributed by atoms with Gasteiger partial charge in [-0.15, -0.1) is 0 Å². The van der Waals surface area contributed by atoms with E-state index in [0.29, 0.717) is 11.0 Å². The van der Waals surface area contributed by atoms with Gasteiger partial charge in [-0.25, -0.2) is 0 Å². The largest absolute Gasteiger partial charge is 0.369 e. The SMILES string of the molecule is C[C@]12CCCC[C@@H]1[C@@]1(CCC2)CO1. The number of ether oxygens (including phenoxy) is 1. The molecule has 3 rings (SSSR count). The van der Waals surface area contributed by atoms with Crippen LogP contribution in [0.2, 0.25) is 0 Å². The summed E-state index contributed by atoms with van der Waals surface area (Å²) in [5.74, 6) is 0.905. The van der Waals surface area contributed by atoms with E-state index >= 15 is 0 Å². The minimum absolute atomic E-state index is 0.382. The molecule has 0 aromatic carbocycles. The molecule has 74 valence electrons. The predicted octanol–water partition coefficient (Wildman–Crippen LogP) is 3.14. The molecule has 0 bridgehead atoms. The highest BCUT2D eigenvalue weighted by Gasteiger charge is 2.59. The van der Waals surface area contributed by atoms with Gasteiger partial charge in [-0.1, -0.05) is 19.8 Å². The van der Waals surface area contributed by atoms with Gasteiger partial charge < -0.3 is 4.74 Å². The van der Waals surface area contributed by atoms with Gasteiger partial charge in [-0.2, -0.15) is 0 Å². The summed E-state index contributed by atoms with van der Waals surface area (Å²) in [7, 11) is 0. The van der Waals surface area contributed by atoms with Gasteiger partial charge in [0.15, 0.2) is 0 Å². The monoisotopic (exact) mass is 180 g/mol. The summed E-state index contributed by atoms with van der Waals surface area (Å²) in [6, 6.07) is 0. The van der Waals surface area contributed by atoms with Crippen LogP contribution in [0.25, 0.3) is 0 Å². The van der Waals surface area contributed by atoms with Crippen molar-refractivity contribution in [3.8, 4) is 0 Å². The van der Waals surface area contributed by atoms with E-state index in [0.717, 1.165) is 12.5 Å². The van der Waals surface area contributed by atoms with E-state index in [9.17, 15) is 0 Å². The average molecular weight is 180 g/mol. The Morgan fingerprint density at radius 1 is 1.08 bits per heavy atom. The van der Waals surface area contributed by atoms with Gasteiger partial charge in [0.05, 0.1) is 12.2 Å². The van der Waals surface area contributed by atoms with Crippen LogP contribution < -0.4 is 0 Å². The number of hydrogen-bond donors (Lipinski definition) is 0. The maximum atomic E-state index is 5.77. The Morgan fingerprint density at radius 2 is 1.85 bits per heavy atom. The van der Waals surface area contributed by atoms with E-state index in [-0.39, 0.29) is 0 Å². The van der Waals surface area contributed by atoms with E-state index in [4.69, 9.17) is 4.74 Å². The Morgan fingerprint density at radius 3 is 2.62 bits per heavy atom. The third kappa shape index (κ3) is 1.09. The smallest absolute Gasteiger partial charge is 0.0949 e. The Balaban J connectivity index is 1.89. The zero-order chi connectivity index (χ0) is 8.94. The second kappa shape index (κ2) is 2.50. The van der Waals surface area contributed by atoms with Gasteiger partial charge in [0.2, 0.25) is 0 Å². The van der Waals surface area contributed by atoms with Crippen molar-refractivity contribution in [3.63, 3.8) is 0 Å². The van der Waals surface area contributed by atoms with Crippen molar-refractivity contribution in [3.05, 3.63) is 0 Å². The lowest BCUT2D eigenvalue weighted by molar-refractivity contribution is -0.00461. The van der Waals surface area contributed by atoms with Gasteiger partial charge in [0, 0.05) is 0 Å². The van der Waals surface area contributed by atoms with E-state index in [1.54, 1.807) is 0 Å². The normalized spacial score (nSPS) is 54.7. The number of rotatable bonds is 0. The second-order valence-electron chi connectivity index (χ2n) is 5.66. The summed E-state index contributed by atoms with van der Waals surface area (Å²) < 4.78 is 5.77. The molecule has 0 radical (unpaired) electrons. The summed E-state index contributed by atoms with van der Waals surface area (Å²) in [4.78, 5) is 0. The van der Waals surface area contributed by atoms with E-state index in [1.807, 2.05) is 0 Å². The van der Waals surface area contributed by atoms with E-state index in [2.05, 4.69) is 6.92 Å². The van der Waals surface area contributed by atoms with Gasteiger partial charge in [-0.05, 0) is 43.4 Å². The van der Waals surface area contributed by atoms with E-state index in [1.165, 1.54) is 44.9 Å². The molecule has 0 aromatic rings. The third-order valence-corrected chi connectivity index (χ3v) is 4.83. The van der Waals surface area contributed by atoms with Crippen LogP contribution in [-0.2, 0) is 4.74 Å². The number of epoxide rings is 1. The highest BCUT2D eigenvalue weighted by molar-refractivity contribution is 5.08. The molecular formula is C12H20O. The Bertz CT molecular complexity index is 215. The lowest BCUT2D eigenvalue weighted by Crippen LogP contribution is -2.44. The quantitative estimate of drug-likeness (QED) is 0.522. The van der Waals surface area contributed by atoms with Gasteiger partial charge in [0.1, 0.15) is 0 Å². The molecule has 1 spiro atoms. The summed E-state index contributed by atoms with van der Waals surface area (Å²) in [6.45, 7) is 3.59. The Hall–Kier alpha value is -0.0400. The lowest BCUT2D eigenvalue weighted by atomic mass is 9.56. The standard InChI is InChI=1S/C12H20O/c1-11-6-3-2-5-10(11)12(9-13-12)8-4-7-11/h10H,2-9H2,1H3/t10-,11+,12+/m0/s1. The topological polar surface area (TPSA) is 12.5 Å². The molecule has 0 aromatic heterocycles. The minimum atomic E-state index is 0.382. The molecule has 0 unspecified atom stereocenters. The molecule has 0 N–H and O–H groups in total. The minimum Gasteiger partial charge on any atom is -0.369 e. The van der Waals surface area contributed by atoms with Crippen molar-refractivity contribution >= 4 is 0 Å². The first-order valence-corrected chi connectivity index (χ1v) is 5.89. The fourth-order valence-corrected chi connectivity index (χ4v) is 4.00. The van der Waals surface area contributed by atoms with Crippen molar-refractivity contribution in [2.75, 3.05) is 6.61 Å². The van der Waals surface area contributed by atoms with Crippen LogP contribution in [0, 0.1) is 11.3 Å². The molecule has 1 aliphatic heterocycles. The molecule has 3 aliphatic rings. The molecule has 2 aliphatic carbocycles. The van der Waals surface area contributed by atoms with Crippen LogP contribution in [0.15, 0.2) is 0 Å².